The number of aromatic nitrogens is 3. The fraction of sp³-hybridized carbons (Fsp3) is 0.588. The topological polar surface area (TPSA) is 81.5 Å². The highest BCUT2D eigenvalue weighted by Gasteiger charge is 2.27. The Bertz CT molecular complexity index is 887. The lowest BCUT2D eigenvalue weighted by atomic mass is 10.3. The van der Waals surface area contributed by atoms with Crippen molar-refractivity contribution in [3.05, 3.63) is 27.1 Å². The van der Waals surface area contributed by atoms with Gasteiger partial charge in [-0.15, -0.1) is 0 Å². The number of alkyl halides is 3. The molecule has 0 unspecified atom stereocenters. The van der Waals surface area contributed by atoms with Crippen LogP contribution in [0.2, 0.25) is 0 Å². The molecule has 0 aliphatic carbocycles. The quantitative estimate of drug-likeness (QED) is 0.578. The van der Waals surface area contributed by atoms with Gasteiger partial charge in [-0.3, -0.25) is 14.3 Å². The number of nitrogens with zero attached hydrogens (tertiary/aromatic N) is 4. The highest BCUT2D eigenvalue weighted by Crippen LogP contribution is 2.17. The van der Waals surface area contributed by atoms with Crippen LogP contribution in [-0.4, -0.2) is 78.2 Å². The molecule has 12 heteroatoms. The van der Waals surface area contributed by atoms with Gasteiger partial charge in [0.15, 0.2) is 11.5 Å². The van der Waals surface area contributed by atoms with E-state index in [1.807, 2.05) is 0 Å². The van der Waals surface area contributed by atoms with Crippen molar-refractivity contribution in [3.8, 4) is 0 Å². The van der Waals surface area contributed by atoms with Gasteiger partial charge in [-0.25, -0.2) is 9.97 Å². The van der Waals surface area contributed by atoms with Crippen molar-refractivity contribution in [1.82, 2.24) is 19.4 Å². The molecule has 3 rings (SSSR count). The van der Waals surface area contributed by atoms with Crippen LogP contribution in [0.5, 0.6) is 0 Å². The second-order valence-electron chi connectivity index (χ2n) is 6.46. The normalized spacial score (nSPS) is 15.7. The molecule has 0 saturated carbocycles. The smallest absolute Gasteiger partial charge is 0.379 e. The molecule has 1 N–H and O–H groups in total. The molecule has 3 heterocycles. The zero-order valence-electron chi connectivity index (χ0n) is 15.5. The van der Waals surface area contributed by atoms with Gasteiger partial charge < -0.3 is 14.8 Å². The summed E-state index contributed by atoms with van der Waals surface area (Å²) in [6.07, 6.45) is -2.87. The molecule has 1 aliphatic heterocycles. The van der Waals surface area contributed by atoms with E-state index in [1.54, 1.807) is 12.3 Å². The van der Waals surface area contributed by atoms with E-state index in [-0.39, 0.29) is 19.0 Å². The number of morpholine rings is 1. The SMILES string of the molecule is O=c1c(NCCN2CCOCC2)nc2ncc(Br)cc2n1CCOCC(F)(F)F. The number of pyridine rings is 1. The molecule has 29 heavy (non-hydrogen) atoms. The van der Waals surface area contributed by atoms with Gasteiger partial charge in [0.1, 0.15) is 6.61 Å². The summed E-state index contributed by atoms with van der Waals surface area (Å²) in [5.41, 5.74) is 0.297. The minimum atomic E-state index is -4.41. The largest absolute Gasteiger partial charge is 0.411 e. The number of nitrogens with one attached hydrogen (secondary N) is 1. The first-order valence-electron chi connectivity index (χ1n) is 9.08. The van der Waals surface area contributed by atoms with E-state index in [1.165, 1.54) is 4.57 Å². The minimum Gasteiger partial charge on any atom is -0.379 e. The summed E-state index contributed by atoms with van der Waals surface area (Å²) in [4.78, 5) is 23.5. The summed E-state index contributed by atoms with van der Waals surface area (Å²) < 4.78 is 48.8. The van der Waals surface area contributed by atoms with Crippen LogP contribution >= 0.6 is 15.9 Å². The fourth-order valence-corrected chi connectivity index (χ4v) is 3.25. The maximum Gasteiger partial charge on any atom is 0.411 e. The zero-order chi connectivity index (χ0) is 20.9. The van der Waals surface area contributed by atoms with Gasteiger partial charge in [-0.05, 0) is 22.0 Å². The molecule has 0 amide bonds. The number of fused-ring (bicyclic) bond motifs is 1. The highest BCUT2D eigenvalue weighted by molar-refractivity contribution is 9.10. The Balaban J connectivity index is 1.74. The summed E-state index contributed by atoms with van der Waals surface area (Å²) in [6, 6.07) is 1.65. The average molecular weight is 480 g/mol. The highest BCUT2D eigenvalue weighted by atomic mass is 79.9. The lowest BCUT2D eigenvalue weighted by molar-refractivity contribution is -0.174. The van der Waals surface area contributed by atoms with Crippen molar-refractivity contribution in [1.29, 1.82) is 0 Å². The molecule has 0 radical (unpaired) electrons. The molecule has 1 aliphatic rings. The lowest BCUT2D eigenvalue weighted by Gasteiger charge is -2.26. The summed E-state index contributed by atoms with van der Waals surface area (Å²) in [5.74, 6) is 0.108. The van der Waals surface area contributed by atoms with Crippen LogP contribution < -0.4 is 10.9 Å². The van der Waals surface area contributed by atoms with E-state index in [0.29, 0.717) is 41.9 Å². The third kappa shape index (κ3) is 6.36. The van der Waals surface area contributed by atoms with Crippen LogP contribution in [0.4, 0.5) is 19.0 Å². The number of hydrogen-bond acceptors (Lipinski definition) is 7. The van der Waals surface area contributed by atoms with E-state index in [9.17, 15) is 18.0 Å². The molecule has 0 bridgehead atoms. The lowest BCUT2D eigenvalue weighted by Crippen LogP contribution is -2.39. The molecular formula is C17H21BrF3N5O3. The Morgan fingerprint density at radius 3 is 2.76 bits per heavy atom. The van der Waals surface area contributed by atoms with Crippen LogP contribution in [-0.2, 0) is 16.0 Å². The van der Waals surface area contributed by atoms with E-state index >= 15 is 0 Å². The van der Waals surface area contributed by atoms with Crippen molar-refractivity contribution >= 4 is 32.9 Å². The van der Waals surface area contributed by atoms with Crippen LogP contribution in [0.1, 0.15) is 0 Å². The van der Waals surface area contributed by atoms with E-state index < -0.39 is 18.3 Å². The van der Waals surface area contributed by atoms with E-state index in [2.05, 4.69) is 40.9 Å². The fourth-order valence-electron chi connectivity index (χ4n) is 2.94. The third-order valence-electron chi connectivity index (χ3n) is 4.32. The van der Waals surface area contributed by atoms with Gasteiger partial charge in [-0.2, -0.15) is 13.2 Å². The first-order valence-corrected chi connectivity index (χ1v) is 9.87. The minimum absolute atomic E-state index is 0.0514. The van der Waals surface area contributed by atoms with Crippen molar-refractivity contribution < 1.29 is 22.6 Å². The van der Waals surface area contributed by atoms with E-state index in [4.69, 9.17) is 4.74 Å². The second kappa shape index (κ2) is 9.83. The first kappa shape index (κ1) is 21.9. The molecule has 0 spiro atoms. The van der Waals surface area contributed by atoms with Gasteiger partial charge in [0, 0.05) is 43.4 Å². The van der Waals surface area contributed by atoms with Crippen molar-refractivity contribution in [2.75, 3.05) is 57.9 Å². The number of anilines is 1. The van der Waals surface area contributed by atoms with Crippen LogP contribution in [0.15, 0.2) is 21.5 Å². The van der Waals surface area contributed by atoms with E-state index in [0.717, 1.165) is 13.1 Å². The van der Waals surface area contributed by atoms with Gasteiger partial charge in [0.05, 0.1) is 25.3 Å². The third-order valence-corrected chi connectivity index (χ3v) is 4.75. The Morgan fingerprint density at radius 1 is 1.28 bits per heavy atom. The standard InChI is InChI=1S/C17H21BrF3N5O3/c18-12-9-13-14(23-10-12)24-15(22-1-2-25-3-6-28-7-4-25)16(27)26(13)5-8-29-11-17(19,20)21/h9-10H,1-8,11H2,(H,22,23,24). The summed E-state index contributed by atoms with van der Waals surface area (Å²) in [5, 5.41) is 3.02. The maximum absolute atomic E-state index is 12.9. The molecular weight excluding hydrogens is 459 g/mol. The van der Waals surface area contributed by atoms with Crippen molar-refractivity contribution in [2.45, 2.75) is 12.7 Å². The summed E-state index contributed by atoms with van der Waals surface area (Å²) >= 11 is 3.29. The number of halogens is 4. The predicted molar refractivity (Wildman–Crippen MR) is 104 cm³/mol. The van der Waals surface area contributed by atoms with Crippen LogP contribution in [0, 0.1) is 0 Å². The summed E-state index contributed by atoms with van der Waals surface area (Å²) in [7, 11) is 0. The van der Waals surface area contributed by atoms with Gasteiger partial charge in [0.25, 0.3) is 5.56 Å². The van der Waals surface area contributed by atoms with Crippen LogP contribution in [0.3, 0.4) is 0 Å². The zero-order valence-corrected chi connectivity index (χ0v) is 17.1. The van der Waals surface area contributed by atoms with Crippen molar-refractivity contribution in [2.24, 2.45) is 0 Å². The first-order chi connectivity index (χ1) is 13.8. The number of hydrogen-bond donors (Lipinski definition) is 1. The number of rotatable bonds is 8. The van der Waals surface area contributed by atoms with Crippen LogP contribution in [0.25, 0.3) is 11.2 Å². The van der Waals surface area contributed by atoms with Gasteiger partial charge in [-0.1, -0.05) is 0 Å². The molecule has 1 saturated heterocycles. The van der Waals surface area contributed by atoms with Gasteiger partial charge in [0.2, 0.25) is 0 Å². The Morgan fingerprint density at radius 2 is 2.03 bits per heavy atom. The molecule has 2 aromatic rings. The Labute approximate surface area is 173 Å². The number of ether oxygens (including phenoxy) is 2. The monoisotopic (exact) mass is 479 g/mol. The second-order valence-corrected chi connectivity index (χ2v) is 7.38. The molecule has 1 fully saturated rings. The average Bonchev–Trinajstić information content (AvgIpc) is 2.67. The summed E-state index contributed by atoms with van der Waals surface area (Å²) in [6.45, 7) is 2.53. The Kier molecular flexibility index (Phi) is 7.44. The predicted octanol–water partition coefficient (Wildman–Crippen LogP) is 1.88. The molecule has 160 valence electrons. The molecule has 0 aromatic carbocycles. The Hall–Kier alpha value is -1.76. The molecule has 0 atom stereocenters. The molecule has 8 nitrogen and oxygen atoms in total. The molecule has 2 aromatic heterocycles. The van der Waals surface area contributed by atoms with Crippen molar-refractivity contribution in [3.63, 3.8) is 0 Å². The maximum atomic E-state index is 12.9. The van der Waals surface area contributed by atoms with Gasteiger partial charge >= 0.3 is 6.18 Å².